The number of benzene rings is 2. The second-order valence-corrected chi connectivity index (χ2v) is 32.6. The standard InChI is InChI=1S/C23H43N2Si.C23H30N2Si.6C2H6N.C2H6.CH3.2Ti/c2*1-15-12-13-19-18(14-15)20-21(25(19)5)16-10-8-9-11-17(16)22(20)26(6,7)24-23(2,3)4;6*1-3-2;1-2;;;/h15-22H,8-14H2,1-7H3;8-14,22,24H,1-7H3;6*1-2H3;1-2H3;1H3;;/q-1;;6*-1;;-1;2*+4. The molecule has 1 aliphatic heterocycles. The maximum absolute atomic E-state index is 5.58. The van der Waals surface area contributed by atoms with Crippen LogP contribution in [-0.2, 0) is 50.5 Å². The smallest absolute Gasteiger partial charge is 0.668 e. The molecule has 4 aliphatic carbocycles. The number of hydrogen-bond donors (Lipinski definition) is 1. The van der Waals surface area contributed by atoms with Gasteiger partial charge in [0.2, 0.25) is 0 Å². The van der Waals surface area contributed by atoms with Crippen LogP contribution in [0.5, 0.6) is 0 Å². The Morgan fingerprint density at radius 2 is 1.11 bits per heavy atom. The molecule has 0 spiro atoms. The summed E-state index contributed by atoms with van der Waals surface area (Å²) in [5.74, 6) is 4.81. The van der Waals surface area contributed by atoms with Gasteiger partial charge in [0.15, 0.2) is 0 Å². The first-order valence-electron chi connectivity index (χ1n) is 27.5. The largest absolute Gasteiger partial charge is 4.00 e. The fraction of sp³-hybridized carbons (Fsp3) is 0.754. The van der Waals surface area contributed by atoms with Crippen molar-refractivity contribution in [2.75, 3.05) is 91.6 Å². The zero-order valence-electron chi connectivity index (χ0n) is 54.2. The molecule has 10 nitrogen and oxygen atoms in total. The van der Waals surface area contributed by atoms with E-state index in [-0.39, 0.29) is 61.9 Å². The van der Waals surface area contributed by atoms with Crippen molar-refractivity contribution >= 4 is 27.4 Å². The molecule has 428 valence electrons. The molecule has 4 fully saturated rings. The summed E-state index contributed by atoms with van der Waals surface area (Å²) in [6.07, 6.45) is 10.4. The van der Waals surface area contributed by atoms with Gasteiger partial charge >= 0.3 is 43.4 Å². The van der Waals surface area contributed by atoms with Crippen molar-refractivity contribution in [1.29, 1.82) is 0 Å². The molecule has 1 N–H and O–H groups in total. The minimum Gasteiger partial charge on any atom is -0.668 e. The van der Waals surface area contributed by atoms with Gasteiger partial charge in [-0.05, 0) is 113 Å². The van der Waals surface area contributed by atoms with Crippen LogP contribution in [0.15, 0.2) is 42.5 Å². The topological polar surface area (TPSA) is 119 Å². The van der Waals surface area contributed by atoms with Crippen LogP contribution in [-0.4, -0.2) is 141 Å². The van der Waals surface area contributed by atoms with E-state index in [1.807, 2.05) is 13.8 Å². The van der Waals surface area contributed by atoms with Gasteiger partial charge in [-0.2, -0.15) is 84.6 Å². The Hall–Kier alpha value is -0.518. The van der Waals surface area contributed by atoms with E-state index in [1.54, 1.807) is 90.1 Å². The van der Waals surface area contributed by atoms with Crippen molar-refractivity contribution in [2.45, 2.75) is 175 Å². The maximum atomic E-state index is 5.58. The molecule has 0 amide bonds. The molecule has 9 unspecified atom stereocenters. The molecule has 3 saturated carbocycles. The first-order valence-corrected chi connectivity index (χ1v) is 33.6. The maximum Gasteiger partial charge on any atom is 4.00 e. The van der Waals surface area contributed by atoms with Gasteiger partial charge in [-0.15, -0.1) is 5.54 Å². The number of aromatic nitrogens is 1. The predicted octanol–water partition coefficient (Wildman–Crippen LogP) is 17.2. The minimum atomic E-state index is -1.79. The average molecular weight is 1140 g/mol. The molecule has 1 saturated heterocycles. The molecule has 2 aromatic carbocycles. The van der Waals surface area contributed by atoms with Gasteiger partial charge < -0.3 is 53.9 Å². The van der Waals surface area contributed by atoms with E-state index >= 15 is 0 Å². The zero-order chi connectivity index (χ0) is 55.9. The number of rotatable bonds is 4. The average Bonchev–Trinajstić information content (AvgIpc) is 3.98. The van der Waals surface area contributed by atoms with Crippen molar-refractivity contribution in [1.82, 2.24) is 14.4 Å². The summed E-state index contributed by atoms with van der Waals surface area (Å²) in [5.41, 5.74) is 10.2. The molecule has 1 aromatic heterocycles. The summed E-state index contributed by atoms with van der Waals surface area (Å²) >= 11 is 0. The third-order valence-corrected chi connectivity index (χ3v) is 21.4. The Balaban J connectivity index is -0.000000484. The van der Waals surface area contributed by atoms with Gasteiger partial charge in [-0.1, -0.05) is 137 Å². The number of nitrogens with one attached hydrogen (secondary N) is 1. The van der Waals surface area contributed by atoms with Crippen LogP contribution in [0.25, 0.3) is 59.0 Å². The Kier molecular flexibility index (Phi) is 42.1. The van der Waals surface area contributed by atoms with Gasteiger partial charge in [0.25, 0.3) is 0 Å². The van der Waals surface area contributed by atoms with E-state index in [0.29, 0.717) is 5.54 Å². The molecule has 75 heavy (non-hydrogen) atoms. The van der Waals surface area contributed by atoms with Crippen molar-refractivity contribution in [3.63, 3.8) is 0 Å². The monoisotopic (exact) mass is 1140 g/mol. The Bertz CT molecular complexity index is 1900. The molecule has 3 aromatic rings. The Morgan fingerprint density at radius 1 is 0.640 bits per heavy atom. The second-order valence-electron chi connectivity index (χ2n) is 24.1. The summed E-state index contributed by atoms with van der Waals surface area (Å²) in [7, 11) is 22.3. The summed E-state index contributed by atoms with van der Waals surface area (Å²) in [6.45, 7) is 32.8. The van der Waals surface area contributed by atoms with Crippen LogP contribution in [0.3, 0.4) is 0 Å². The quantitative estimate of drug-likeness (QED) is 0.207. The molecule has 0 radical (unpaired) electrons. The van der Waals surface area contributed by atoms with Gasteiger partial charge in [-0.25, -0.2) is 0 Å². The third kappa shape index (κ3) is 23.1. The van der Waals surface area contributed by atoms with Crippen molar-refractivity contribution < 1.29 is 43.4 Å². The number of fused-ring (bicyclic) bond motifs is 10. The first kappa shape index (κ1) is 81.0. The summed E-state index contributed by atoms with van der Waals surface area (Å²) in [6, 6.07) is 17.7. The first-order chi connectivity index (χ1) is 33.7. The van der Waals surface area contributed by atoms with Crippen molar-refractivity contribution in [3.8, 4) is 11.3 Å². The molecule has 0 bridgehead atoms. The zero-order valence-corrected chi connectivity index (χ0v) is 59.3. The molecular formula is C61H118N10Si2Ti2. The normalized spacial score (nSPS) is 23.5. The Morgan fingerprint density at radius 3 is 1.57 bits per heavy atom. The second kappa shape index (κ2) is 39.0. The van der Waals surface area contributed by atoms with Crippen LogP contribution < -0.4 is 4.98 Å². The molecule has 8 rings (SSSR count). The number of likely N-dealkylation sites (tertiary alicyclic amines) is 1. The fourth-order valence-corrected chi connectivity index (χ4v) is 22.4. The number of aryl methyl sites for hydroxylation is 2. The van der Waals surface area contributed by atoms with Crippen molar-refractivity contribution in [2.24, 2.45) is 36.6 Å². The van der Waals surface area contributed by atoms with E-state index in [2.05, 4.69) is 184 Å². The number of nitrogens with zero attached hydrogens (tertiary/aromatic N) is 9. The molecule has 14 heteroatoms. The third-order valence-electron chi connectivity index (χ3n) is 14.3. The molecule has 5 aliphatic rings. The van der Waals surface area contributed by atoms with Crippen LogP contribution >= 0.6 is 0 Å². The van der Waals surface area contributed by atoms with E-state index in [1.165, 1.54) is 78.2 Å². The van der Waals surface area contributed by atoms with Gasteiger partial charge in [-0.3, -0.25) is 4.90 Å². The van der Waals surface area contributed by atoms with Crippen LogP contribution in [0.4, 0.5) is 0 Å². The Labute approximate surface area is 499 Å². The van der Waals surface area contributed by atoms with E-state index in [4.69, 9.17) is 4.98 Å². The van der Waals surface area contributed by atoms with Gasteiger partial charge in [0, 0.05) is 46.7 Å². The fourth-order valence-electron chi connectivity index (χ4n) is 13.5. The molecular weight excluding hydrogens is 1020 g/mol. The van der Waals surface area contributed by atoms with Gasteiger partial charge in [0.1, 0.15) is 8.24 Å². The molecule has 9 atom stereocenters. The van der Waals surface area contributed by atoms with Gasteiger partial charge in [0.05, 0.1) is 5.69 Å². The van der Waals surface area contributed by atoms with E-state index in [9.17, 15) is 0 Å². The van der Waals surface area contributed by atoms with E-state index < -0.39 is 16.5 Å². The predicted molar refractivity (Wildman–Crippen MR) is 339 cm³/mol. The minimum absolute atomic E-state index is 0. The SMILES string of the molecule is CC.CC1CCC2C(C1)C1C(C3CCCCC3C1[Si](C)(C)[N-]C(C)(C)C)N2C.C[N-]C.C[N-]C.C[N-]C.C[N-]C.C[N-]C.C[N-]C.Cc1ccc2c(c1)c1c(n2C)-c2ccccc2C1[Si](C)(C)NC(C)(C)C.[CH3-].[Ti+4].[Ti+4]. The van der Waals surface area contributed by atoms with Crippen LogP contribution in [0.1, 0.15) is 129 Å². The van der Waals surface area contributed by atoms with E-state index in [0.717, 1.165) is 47.2 Å². The molecule has 2 heterocycles. The number of hydrogen-bond acceptors (Lipinski definition) is 2. The van der Waals surface area contributed by atoms with Crippen LogP contribution in [0, 0.1) is 43.9 Å². The summed E-state index contributed by atoms with van der Waals surface area (Å²) in [4.78, 5) is 12.5. The van der Waals surface area contributed by atoms with Crippen LogP contribution in [0.2, 0.25) is 31.7 Å². The van der Waals surface area contributed by atoms with Crippen molar-refractivity contribution in [3.05, 3.63) is 103 Å². The summed E-state index contributed by atoms with van der Waals surface area (Å²) < 4.78 is 2.41. The summed E-state index contributed by atoms with van der Waals surface area (Å²) in [5, 5.41) is 22.4.